The number of thiazole rings is 1. The Bertz CT molecular complexity index is 537. The molecule has 0 bridgehead atoms. The Kier molecular flexibility index (Phi) is 3.39. The number of carbonyl (C=O) groups excluding carboxylic acids is 1. The summed E-state index contributed by atoms with van der Waals surface area (Å²) in [5, 5.41) is 3.85. The second-order valence-electron chi connectivity index (χ2n) is 3.46. The number of hydrogen-bond acceptors (Lipinski definition) is 5. The Morgan fingerprint density at radius 1 is 1.41 bits per heavy atom. The second kappa shape index (κ2) is 4.97. The molecule has 1 aromatic carbocycles. The number of nitrogens with one attached hydrogen (secondary N) is 1. The molecule has 0 amide bonds. The number of aromatic nitrogens is 1. The van der Waals surface area contributed by atoms with Crippen LogP contribution in [0.3, 0.4) is 0 Å². The number of para-hydroxylation sites is 1. The molecule has 4 nitrogen and oxygen atoms in total. The molecule has 1 heterocycles. The fraction of sp³-hybridized carbons (Fsp3) is 0.167. The zero-order chi connectivity index (χ0) is 12.3. The highest BCUT2D eigenvalue weighted by Gasteiger charge is 2.10. The van der Waals surface area contributed by atoms with E-state index in [-0.39, 0.29) is 5.97 Å². The summed E-state index contributed by atoms with van der Waals surface area (Å²) in [6, 6.07) is 7.90. The maximum absolute atomic E-state index is 11.3. The van der Waals surface area contributed by atoms with Crippen molar-refractivity contribution in [3.05, 3.63) is 40.9 Å². The number of hydrogen-bond donors (Lipinski definition) is 1. The lowest BCUT2D eigenvalue weighted by Crippen LogP contribution is -1.96. The summed E-state index contributed by atoms with van der Waals surface area (Å²) in [5.74, 6) is -0.361. The fourth-order valence-corrected chi connectivity index (χ4v) is 2.10. The van der Waals surface area contributed by atoms with Gasteiger partial charge in [0.25, 0.3) is 0 Å². The van der Waals surface area contributed by atoms with E-state index in [4.69, 9.17) is 0 Å². The number of benzene rings is 1. The van der Waals surface area contributed by atoms with E-state index in [1.54, 1.807) is 0 Å². The van der Waals surface area contributed by atoms with Gasteiger partial charge in [-0.15, -0.1) is 0 Å². The SMILES string of the molecule is COC(=O)c1cnc(Nc2ccccc2C)s1. The van der Waals surface area contributed by atoms with Gasteiger partial charge in [0.1, 0.15) is 4.88 Å². The first kappa shape index (κ1) is 11.6. The summed E-state index contributed by atoms with van der Waals surface area (Å²) in [7, 11) is 1.36. The van der Waals surface area contributed by atoms with Crippen molar-refractivity contribution in [1.29, 1.82) is 0 Å². The molecule has 1 N–H and O–H groups in total. The molecule has 5 heteroatoms. The molecule has 2 aromatic rings. The first-order valence-corrected chi connectivity index (χ1v) is 5.89. The molecule has 0 radical (unpaired) electrons. The van der Waals surface area contributed by atoms with Crippen molar-refractivity contribution in [2.24, 2.45) is 0 Å². The highest BCUT2D eigenvalue weighted by molar-refractivity contribution is 7.17. The maximum Gasteiger partial charge on any atom is 0.349 e. The summed E-state index contributed by atoms with van der Waals surface area (Å²) in [6.07, 6.45) is 1.51. The Hall–Kier alpha value is -1.88. The van der Waals surface area contributed by atoms with E-state index < -0.39 is 0 Å². The zero-order valence-corrected chi connectivity index (χ0v) is 10.4. The van der Waals surface area contributed by atoms with Crippen LogP contribution >= 0.6 is 11.3 Å². The summed E-state index contributed by atoms with van der Waals surface area (Å²) in [4.78, 5) is 15.9. The Balaban J connectivity index is 2.17. The maximum atomic E-state index is 11.3. The highest BCUT2D eigenvalue weighted by atomic mass is 32.1. The van der Waals surface area contributed by atoms with Gasteiger partial charge < -0.3 is 10.1 Å². The molecule has 0 aliphatic carbocycles. The smallest absolute Gasteiger partial charge is 0.349 e. The van der Waals surface area contributed by atoms with Crippen LogP contribution < -0.4 is 5.32 Å². The highest BCUT2D eigenvalue weighted by Crippen LogP contribution is 2.24. The monoisotopic (exact) mass is 248 g/mol. The Labute approximate surface area is 103 Å². The third-order valence-corrected chi connectivity index (χ3v) is 3.17. The van der Waals surface area contributed by atoms with Crippen LogP contribution in [0, 0.1) is 6.92 Å². The molecule has 88 valence electrons. The standard InChI is InChI=1S/C12H12N2O2S/c1-8-5-3-4-6-9(8)14-12-13-7-10(17-12)11(15)16-2/h3-7H,1-2H3,(H,13,14). The van der Waals surface area contributed by atoms with E-state index in [0.29, 0.717) is 10.0 Å². The van der Waals surface area contributed by atoms with Crippen LogP contribution in [0.25, 0.3) is 0 Å². The molecule has 0 unspecified atom stereocenters. The number of nitrogens with zero attached hydrogens (tertiary/aromatic N) is 1. The number of methoxy groups -OCH3 is 1. The van der Waals surface area contributed by atoms with E-state index >= 15 is 0 Å². The van der Waals surface area contributed by atoms with Crippen molar-refractivity contribution in [3.63, 3.8) is 0 Å². The lowest BCUT2D eigenvalue weighted by atomic mass is 10.2. The zero-order valence-electron chi connectivity index (χ0n) is 9.56. The van der Waals surface area contributed by atoms with Crippen LogP contribution in [-0.2, 0) is 4.74 Å². The van der Waals surface area contributed by atoms with Gasteiger partial charge in [0.2, 0.25) is 0 Å². The first-order valence-electron chi connectivity index (χ1n) is 5.07. The third kappa shape index (κ3) is 2.62. The number of ether oxygens (including phenoxy) is 1. The molecular formula is C12H12N2O2S. The van der Waals surface area contributed by atoms with Crippen LogP contribution in [0.1, 0.15) is 15.2 Å². The van der Waals surface area contributed by atoms with Crippen molar-refractivity contribution in [2.75, 3.05) is 12.4 Å². The van der Waals surface area contributed by atoms with Gasteiger partial charge in [-0.25, -0.2) is 9.78 Å². The second-order valence-corrected chi connectivity index (χ2v) is 4.49. The Morgan fingerprint density at radius 2 is 2.18 bits per heavy atom. The Morgan fingerprint density at radius 3 is 2.88 bits per heavy atom. The molecule has 2 rings (SSSR count). The van der Waals surface area contributed by atoms with Gasteiger partial charge in [0.15, 0.2) is 5.13 Å². The largest absolute Gasteiger partial charge is 0.465 e. The molecule has 0 aliphatic rings. The van der Waals surface area contributed by atoms with Crippen molar-refractivity contribution in [1.82, 2.24) is 4.98 Å². The predicted octanol–water partition coefficient (Wildman–Crippen LogP) is 2.98. The molecule has 0 aliphatic heterocycles. The molecule has 0 saturated carbocycles. The van der Waals surface area contributed by atoms with E-state index in [1.165, 1.54) is 24.6 Å². The number of esters is 1. The number of aryl methyl sites for hydroxylation is 1. The molecule has 1 aromatic heterocycles. The molecule has 0 fully saturated rings. The van der Waals surface area contributed by atoms with E-state index in [2.05, 4.69) is 15.0 Å². The molecule has 17 heavy (non-hydrogen) atoms. The van der Waals surface area contributed by atoms with E-state index in [1.807, 2.05) is 31.2 Å². The topological polar surface area (TPSA) is 51.2 Å². The van der Waals surface area contributed by atoms with E-state index in [0.717, 1.165) is 11.3 Å². The average molecular weight is 248 g/mol. The summed E-state index contributed by atoms with van der Waals surface area (Å²) < 4.78 is 4.63. The minimum absolute atomic E-state index is 0.361. The van der Waals surface area contributed by atoms with Gasteiger partial charge in [-0.3, -0.25) is 0 Å². The molecular weight excluding hydrogens is 236 g/mol. The van der Waals surface area contributed by atoms with Crippen molar-refractivity contribution >= 4 is 28.1 Å². The van der Waals surface area contributed by atoms with Gasteiger partial charge in [-0.1, -0.05) is 29.5 Å². The third-order valence-electron chi connectivity index (χ3n) is 2.28. The number of carbonyl (C=O) groups is 1. The minimum Gasteiger partial charge on any atom is -0.465 e. The van der Waals surface area contributed by atoms with Crippen molar-refractivity contribution in [2.45, 2.75) is 6.92 Å². The average Bonchev–Trinajstić information content (AvgIpc) is 2.80. The summed E-state index contributed by atoms with van der Waals surface area (Å²) in [6.45, 7) is 2.01. The molecule has 0 atom stereocenters. The van der Waals surface area contributed by atoms with E-state index in [9.17, 15) is 4.79 Å². The van der Waals surface area contributed by atoms with Crippen LogP contribution in [0.4, 0.5) is 10.8 Å². The number of anilines is 2. The summed E-state index contributed by atoms with van der Waals surface area (Å²) in [5.41, 5.74) is 2.11. The van der Waals surface area contributed by atoms with Crippen LogP contribution in [0.2, 0.25) is 0 Å². The fourth-order valence-electron chi connectivity index (χ4n) is 1.36. The normalized spacial score (nSPS) is 10.0. The van der Waals surface area contributed by atoms with Crippen molar-refractivity contribution in [3.8, 4) is 0 Å². The van der Waals surface area contributed by atoms with Gasteiger partial charge in [0.05, 0.1) is 13.3 Å². The van der Waals surface area contributed by atoms with Crippen molar-refractivity contribution < 1.29 is 9.53 Å². The summed E-state index contributed by atoms with van der Waals surface area (Å²) >= 11 is 1.27. The quantitative estimate of drug-likeness (QED) is 0.848. The van der Waals surface area contributed by atoms with Gasteiger partial charge >= 0.3 is 5.97 Å². The van der Waals surface area contributed by atoms with Gasteiger partial charge in [-0.2, -0.15) is 0 Å². The molecule has 0 saturated heterocycles. The lowest BCUT2D eigenvalue weighted by Gasteiger charge is -2.05. The van der Waals surface area contributed by atoms with Crippen LogP contribution in [0.15, 0.2) is 30.5 Å². The molecule has 0 spiro atoms. The van der Waals surface area contributed by atoms with Crippen LogP contribution in [0.5, 0.6) is 0 Å². The van der Waals surface area contributed by atoms with Crippen LogP contribution in [-0.4, -0.2) is 18.1 Å². The lowest BCUT2D eigenvalue weighted by molar-refractivity contribution is 0.0606. The van der Waals surface area contributed by atoms with Gasteiger partial charge in [0, 0.05) is 5.69 Å². The van der Waals surface area contributed by atoms with Gasteiger partial charge in [-0.05, 0) is 18.6 Å². The number of rotatable bonds is 3. The minimum atomic E-state index is -0.361. The first-order chi connectivity index (χ1) is 8.20. The predicted molar refractivity (Wildman–Crippen MR) is 67.9 cm³/mol.